The smallest absolute Gasteiger partial charge is 0.298 e. The highest BCUT2D eigenvalue weighted by Gasteiger charge is 2.24. The Kier molecular flexibility index (Phi) is 4.95. The van der Waals surface area contributed by atoms with E-state index in [0.29, 0.717) is 23.0 Å². The Morgan fingerprint density at radius 1 is 1.07 bits per heavy atom. The summed E-state index contributed by atoms with van der Waals surface area (Å²) in [5.41, 5.74) is 2.44. The lowest BCUT2D eigenvalue weighted by Crippen LogP contribution is -2.31. The number of aryl methyl sites for hydroxylation is 2. The lowest BCUT2D eigenvalue weighted by molar-refractivity contribution is 0.0973. The van der Waals surface area contributed by atoms with E-state index in [1.165, 1.54) is 16.8 Å². The minimum absolute atomic E-state index is 0.0546. The third-order valence-electron chi connectivity index (χ3n) is 4.52. The van der Waals surface area contributed by atoms with Crippen molar-refractivity contribution < 1.29 is 13.6 Å². The van der Waals surface area contributed by atoms with Gasteiger partial charge in [0.2, 0.25) is 5.82 Å². The van der Waals surface area contributed by atoms with E-state index in [1.807, 2.05) is 37.3 Å². The number of hydrogen-bond acceptors (Lipinski definition) is 4. The summed E-state index contributed by atoms with van der Waals surface area (Å²) in [4.78, 5) is 19.2. The molecule has 2 aromatic carbocycles. The summed E-state index contributed by atoms with van der Waals surface area (Å²) in [5.74, 6) is 0.537. The maximum atomic E-state index is 13.3. The second-order valence-corrected chi connectivity index (χ2v) is 6.68. The fourth-order valence-electron chi connectivity index (χ4n) is 2.99. The lowest BCUT2D eigenvalue weighted by Gasteiger charge is -2.20. The van der Waals surface area contributed by atoms with Crippen LogP contribution in [0.25, 0.3) is 5.69 Å². The van der Waals surface area contributed by atoms with E-state index >= 15 is 0 Å². The van der Waals surface area contributed by atoms with Crippen molar-refractivity contribution in [3.63, 3.8) is 0 Å². The number of halogens is 1. The molecule has 6 nitrogen and oxygen atoms in total. The number of carbonyl (C=O) groups excluding carboxylic acids is 1. The molecule has 2 aromatic heterocycles. The van der Waals surface area contributed by atoms with E-state index in [4.69, 9.17) is 4.42 Å². The average Bonchev–Trinajstić information content (AvgIpc) is 3.37. The quantitative estimate of drug-likeness (QED) is 0.505. The SMILES string of the molecule is Cc1ccc(N(Cc2ccco2)C(=O)c2nc(C)n(-c3ccc(F)cc3)n2)cc1. The van der Waals surface area contributed by atoms with Gasteiger partial charge in [-0.25, -0.2) is 14.1 Å². The van der Waals surface area contributed by atoms with Crippen LogP contribution in [0.15, 0.2) is 71.3 Å². The number of anilines is 1. The van der Waals surface area contributed by atoms with Crippen molar-refractivity contribution in [1.82, 2.24) is 14.8 Å². The van der Waals surface area contributed by atoms with Crippen molar-refractivity contribution in [2.45, 2.75) is 20.4 Å². The van der Waals surface area contributed by atoms with Crippen molar-refractivity contribution in [2.24, 2.45) is 0 Å². The number of benzene rings is 2. The van der Waals surface area contributed by atoms with E-state index in [2.05, 4.69) is 10.1 Å². The van der Waals surface area contributed by atoms with E-state index in [1.54, 1.807) is 36.3 Å². The van der Waals surface area contributed by atoms with Gasteiger partial charge in [-0.05, 0) is 62.4 Å². The van der Waals surface area contributed by atoms with E-state index in [-0.39, 0.29) is 24.1 Å². The molecule has 0 fully saturated rings. The fourth-order valence-corrected chi connectivity index (χ4v) is 2.99. The summed E-state index contributed by atoms with van der Waals surface area (Å²) < 4.78 is 20.2. The van der Waals surface area contributed by atoms with Gasteiger partial charge in [0.25, 0.3) is 5.91 Å². The van der Waals surface area contributed by atoms with Crippen LogP contribution in [0.4, 0.5) is 10.1 Å². The second-order valence-electron chi connectivity index (χ2n) is 6.68. The number of rotatable bonds is 5. The molecule has 0 saturated heterocycles. The van der Waals surface area contributed by atoms with Crippen molar-refractivity contribution in [3.05, 3.63) is 95.7 Å². The number of amides is 1. The summed E-state index contributed by atoms with van der Waals surface area (Å²) in [7, 11) is 0. The highest BCUT2D eigenvalue weighted by atomic mass is 19.1. The predicted molar refractivity (Wildman–Crippen MR) is 106 cm³/mol. The molecule has 0 atom stereocenters. The van der Waals surface area contributed by atoms with Gasteiger partial charge in [0, 0.05) is 5.69 Å². The zero-order valence-electron chi connectivity index (χ0n) is 16.0. The van der Waals surface area contributed by atoms with Crippen molar-refractivity contribution in [3.8, 4) is 5.69 Å². The molecule has 7 heteroatoms. The van der Waals surface area contributed by atoms with E-state index < -0.39 is 0 Å². The van der Waals surface area contributed by atoms with E-state index in [9.17, 15) is 9.18 Å². The third kappa shape index (κ3) is 3.94. The third-order valence-corrected chi connectivity index (χ3v) is 4.52. The van der Waals surface area contributed by atoms with Crippen LogP contribution < -0.4 is 4.90 Å². The van der Waals surface area contributed by atoms with Crippen LogP contribution in [0.3, 0.4) is 0 Å². The molecule has 0 saturated carbocycles. The minimum atomic E-state index is -0.353. The molecule has 29 heavy (non-hydrogen) atoms. The first kappa shape index (κ1) is 18.6. The van der Waals surface area contributed by atoms with Crippen molar-refractivity contribution >= 4 is 11.6 Å². The average molecular weight is 390 g/mol. The summed E-state index contributed by atoms with van der Waals surface area (Å²) in [6, 6.07) is 17.1. The maximum Gasteiger partial charge on any atom is 0.298 e. The van der Waals surface area contributed by atoms with Crippen molar-refractivity contribution in [2.75, 3.05) is 4.90 Å². The molecular weight excluding hydrogens is 371 g/mol. The molecule has 2 heterocycles. The molecule has 0 unspecified atom stereocenters. The van der Waals surface area contributed by atoms with Crippen LogP contribution in [0.1, 0.15) is 27.8 Å². The maximum absolute atomic E-state index is 13.3. The predicted octanol–water partition coefficient (Wildman–Crippen LogP) is 4.46. The monoisotopic (exact) mass is 390 g/mol. The number of carbonyl (C=O) groups is 1. The topological polar surface area (TPSA) is 64.2 Å². The molecule has 4 rings (SSSR count). The van der Waals surface area contributed by atoms with Crippen LogP contribution in [-0.4, -0.2) is 20.7 Å². The Bertz CT molecular complexity index is 1120. The Labute approximate surface area is 167 Å². The van der Waals surface area contributed by atoms with Gasteiger partial charge in [0.05, 0.1) is 18.5 Å². The molecule has 0 radical (unpaired) electrons. The molecule has 0 aliphatic rings. The molecule has 1 amide bonds. The van der Waals surface area contributed by atoms with Crippen LogP contribution in [0.5, 0.6) is 0 Å². The van der Waals surface area contributed by atoms with Gasteiger partial charge < -0.3 is 4.42 Å². The van der Waals surface area contributed by atoms with Gasteiger partial charge in [-0.2, -0.15) is 0 Å². The first-order valence-corrected chi connectivity index (χ1v) is 9.12. The van der Waals surface area contributed by atoms with E-state index in [0.717, 1.165) is 5.56 Å². The number of nitrogens with zero attached hydrogens (tertiary/aromatic N) is 4. The standard InChI is InChI=1S/C22H19FN4O2/c1-15-5-9-18(10-6-15)26(14-20-4-3-13-29-20)22(28)21-24-16(2)27(25-21)19-11-7-17(23)8-12-19/h3-13H,14H2,1-2H3. The highest BCUT2D eigenvalue weighted by Crippen LogP contribution is 2.21. The largest absolute Gasteiger partial charge is 0.467 e. The molecule has 0 aliphatic carbocycles. The Morgan fingerprint density at radius 2 is 1.79 bits per heavy atom. The van der Waals surface area contributed by atoms with Gasteiger partial charge in [-0.1, -0.05) is 17.7 Å². The van der Waals surface area contributed by atoms with Crippen LogP contribution in [-0.2, 0) is 6.54 Å². The molecule has 4 aromatic rings. The first-order chi connectivity index (χ1) is 14.0. The van der Waals surface area contributed by atoms with Crippen LogP contribution in [0, 0.1) is 19.7 Å². The molecule has 0 aliphatic heterocycles. The van der Waals surface area contributed by atoms with Gasteiger partial charge in [0.1, 0.15) is 17.4 Å². The second kappa shape index (κ2) is 7.71. The van der Waals surface area contributed by atoms with Gasteiger partial charge in [-0.15, -0.1) is 5.10 Å². The van der Waals surface area contributed by atoms with Gasteiger partial charge >= 0.3 is 0 Å². The molecule has 0 N–H and O–H groups in total. The molecule has 0 spiro atoms. The number of aromatic nitrogens is 3. The Morgan fingerprint density at radius 3 is 2.45 bits per heavy atom. The summed E-state index contributed by atoms with van der Waals surface area (Å²) in [6.45, 7) is 3.98. The lowest BCUT2D eigenvalue weighted by atomic mass is 10.2. The van der Waals surface area contributed by atoms with Crippen LogP contribution in [0.2, 0.25) is 0 Å². The number of hydrogen-bond donors (Lipinski definition) is 0. The summed E-state index contributed by atoms with van der Waals surface area (Å²) in [6.07, 6.45) is 1.57. The summed E-state index contributed by atoms with van der Waals surface area (Å²) >= 11 is 0. The minimum Gasteiger partial charge on any atom is -0.467 e. The van der Waals surface area contributed by atoms with Gasteiger partial charge in [-0.3, -0.25) is 9.69 Å². The first-order valence-electron chi connectivity index (χ1n) is 9.12. The Hall–Kier alpha value is -3.74. The molecule has 146 valence electrons. The summed E-state index contributed by atoms with van der Waals surface area (Å²) in [5, 5.41) is 4.36. The Balaban J connectivity index is 1.69. The fraction of sp³-hybridized carbons (Fsp3) is 0.136. The van der Waals surface area contributed by atoms with Gasteiger partial charge in [0.15, 0.2) is 0 Å². The normalized spacial score (nSPS) is 10.9. The zero-order valence-corrected chi connectivity index (χ0v) is 16.0. The number of furan rings is 1. The van der Waals surface area contributed by atoms with Crippen LogP contribution >= 0.6 is 0 Å². The molecular formula is C22H19FN4O2. The van der Waals surface area contributed by atoms with Crippen molar-refractivity contribution in [1.29, 1.82) is 0 Å². The molecule has 0 bridgehead atoms. The zero-order chi connectivity index (χ0) is 20.4. The highest BCUT2D eigenvalue weighted by molar-refractivity contribution is 6.03.